The Labute approximate surface area is 146 Å². The van der Waals surface area contributed by atoms with E-state index >= 15 is 0 Å². The number of hydrogen-bond donors (Lipinski definition) is 1. The summed E-state index contributed by atoms with van der Waals surface area (Å²) in [6.07, 6.45) is 1.90. The summed E-state index contributed by atoms with van der Waals surface area (Å²) in [5, 5.41) is 13.6. The molecule has 1 N–H and O–H groups in total. The number of hydrogen-bond acceptors (Lipinski definition) is 6. The number of carbonyl (C=O) groups excluding carboxylic acids is 1. The minimum atomic E-state index is -0.384. The summed E-state index contributed by atoms with van der Waals surface area (Å²) in [4.78, 5) is 16.4. The lowest BCUT2D eigenvalue weighted by atomic mass is 9.97. The summed E-state index contributed by atoms with van der Waals surface area (Å²) in [5.41, 5.74) is 3.30. The molecule has 0 saturated heterocycles. The van der Waals surface area contributed by atoms with Gasteiger partial charge in [0.1, 0.15) is 11.1 Å². The first-order chi connectivity index (χ1) is 11.7. The highest BCUT2D eigenvalue weighted by atomic mass is 32.2. The van der Waals surface area contributed by atoms with Gasteiger partial charge in [0.25, 0.3) is 0 Å². The third-order valence-electron chi connectivity index (χ3n) is 3.47. The molecule has 0 unspecified atom stereocenters. The van der Waals surface area contributed by atoms with Gasteiger partial charge in [-0.15, -0.1) is 11.8 Å². The number of anilines is 1. The first-order valence-corrected chi connectivity index (χ1v) is 8.78. The van der Waals surface area contributed by atoms with Crippen molar-refractivity contribution in [3.63, 3.8) is 0 Å². The molecule has 6 heteroatoms. The molecule has 0 aliphatic carbocycles. The molecule has 1 heterocycles. The van der Waals surface area contributed by atoms with Crippen molar-refractivity contribution in [3.05, 3.63) is 41.6 Å². The third-order valence-corrected chi connectivity index (χ3v) is 4.16. The van der Waals surface area contributed by atoms with E-state index in [1.807, 2.05) is 36.6 Å². The lowest BCUT2D eigenvalue weighted by Crippen LogP contribution is -2.12. The topological polar surface area (TPSA) is 75.0 Å². The van der Waals surface area contributed by atoms with E-state index in [1.54, 1.807) is 14.0 Å². The van der Waals surface area contributed by atoms with E-state index in [1.165, 1.54) is 11.8 Å². The average Bonchev–Trinajstić information content (AvgIpc) is 2.61. The van der Waals surface area contributed by atoms with Crippen molar-refractivity contribution in [3.8, 4) is 17.2 Å². The minimum Gasteiger partial charge on any atom is -0.466 e. The van der Waals surface area contributed by atoms with Gasteiger partial charge in [-0.2, -0.15) is 5.26 Å². The van der Waals surface area contributed by atoms with Crippen LogP contribution in [0.25, 0.3) is 11.1 Å². The van der Waals surface area contributed by atoms with E-state index in [9.17, 15) is 10.1 Å². The fourth-order valence-electron chi connectivity index (χ4n) is 2.48. The van der Waals surface area contributed by atoms with Crippen LogP contribution in [0.1, 0.15) is 18.2 Å². The standard InChI is InChI=1S/C18H19N3O2S/c1-4-23-15(22)10-14-13(11-19)16(12-8-6-5-7-9-12)17(20-2)18(21-14)24-3/h5-9,20H,4,10H2,1-3H3. The predicted octanol–water partition coefficient (Wildman–Crippen LogP) is 3.49. The van der Waals surface area contributed by atoms with E-state index in [-0.39, 0.29) is 12.4 Å². The Morgan fingerprint density at radius 3 is 2.62 bits per heavy atom. The monoisotopic (exact) mass is 341 g/mol. The number of carbonyl (C=O) groups is 1. The minimum absolute atomic E-state index is 0.0197. The normalized spacial score (nSPS) is 10.1. The quantitative estimate of drug-likeness (QED) is 0.640. The number of nitrogens with one attached hydrogen (secondary N) is 1. The lowest BCUT2D eigenvalue weighted by molar-refractivity contribution is -0.142. The van der Waals surface area contributed by atoms with Gasteiger partial charge in [-0.1, -0.05) is 30.3 Å². The number of benzene rings is 1. The molecule has 0 aliphatic rings. The van der Waals surface area contributed by atoms with E-state index < -0.39 is 0 Å². The van der Waals surface area contributed by atoms with Crippen LogP contribution in [0.15, 0.2) is 35.4 Å². The molecular formula is C18H19N3O2S. The Morgan fingerprint density at radius 1 is 1.38 bits per heavy atom. The zero-order chi connectivity index (χ0) is 17.5. The highest BCUT2D eigenvalue weighted by molar-refractivity contribution is 7.98. The molecule has 0 aliphatic heterocycles. The number of aromatic nitrogens is 1. The number of ether oxygens (including phenoxy) is 1. The SMILES string of the molecule is CCOC(=O)Cc1nc(SC)c(NC)c(-c2ccccc2)c1C#N. The second-order valence-electron chi connectivity index (χ2n) is 4.90. The summed E-state index contributed by atoms with van der Waals surface area (Å²) in [5.74, 6) is -0.384. The van der Waals surface area contributed by atoms with Crippen LogP contribution in [0, 0.1) is 11.3 Å². The van der Waals surface area contributed by atoms with Crippen molar-refractivity contribution >= 4 is 23.4 Å². The summed E-state index contributed by atoms with van der Waals surface area (Å²) in [6, 6.07) is 11.9. The van der Waals surface area contributed by atoms with Gasteiger partial charge in [0, 0.05) is 12.6 Å². The van der Waals surface area contributed by atoms with Gasteiger partial charge in [-0.25, -0.2) is 4.98 Å². The fourth-order valence-corrected chi connectivity index (χ4v) is 3.09. The van der Waals surface area contributed by atoms with Crippen LogP contribution >= 0.6 is 11.8 Å². The lowest BCUT2D eigenvalue weighted by Gasteiger charge is -2.17. The third kappa shape index (κ3) is 3.69. The molecule has 0 bridgehead atoms. The van der Waals surface area contributed by atoms with Crippen molar-refractivity contribution in [2.75, 3.05) is 25.2 Å². The van der Waals surface area contributed by atoms with Crippen molar-refractivity contribution in [2.45, 2.75) is 18.4 Å². The van der Waals surface area contributed by atoms with Gasteiger partial charge < -0.3 is 10.1 Å². The maximum absolute atomic E-state index is 11.9. The Hall–Kier alpha value is -2.52. The highest BCUT2D eigenvalue weighted by Gasteiger charge is 2.22. The summed E-state index contributed by atoms with van der Waals surface area (Å²) in [6.45, 7) is 2.06. The number of rotatable bonds is 6. The zero-order valence-electron chi connectivity index (χ0n) is 13.9. The molecule has 0 spiro atoms. The zero-order valence-corrected chi connectivity index (χ0v) is 14.7. The van der Waals surface area contributed by atoms with E-state index in [0.717, 1.165) is 21.8 Å². The number of nitriles is 1. The summed E-state index contributed by atoms with van der Waals surface area (Å²) in [7, 11) is 1.80. The van der Waals surface area contributed by atoms with Crippen LogP contribution in [-0.4, -0.2) is 30.9 Å². The highest BCUT2D eigenvalue weighted by Crippen LogP contribution is 2.38. The Bertz CT molecular complexity index is 770. The maximum atomic E-state index is 11.9. The molecular weight excluding hydrogens is 322 g/mol. The number of nitrogens with zero attached hydrogens (tertiary/aromatic N) is 2. The molecule has 0 radical (unpaired) electrons. The molecule has 24 heavy (non-hydrogen) atoms. The van der Waals surface area contributed by atoms with Crippen molar-refractivity contribution in [1.82, 2.24) is 4.98 Å². The van der Waals surface area contributed by atoms with Crippen LogP contribution in [0.2, 0.25) is 0 Å². The predicted molar refractivity (Wildman–Crippen MR) is 96.1 cm³/mol. The number of pyridine rings is 1. The Kier molecular flexibility index (Phi) is 6.21. The summed E-state index contributed by atoms with van der Waals surface area (Å²) >= 11 is 1.47. The van der Waals surface area contributed by atoms with Gasteiger partial charge in [0.15, 0.2) is 0 Å². The number of esters is 1. The first kappa shape index (κ1) is 17.8. The van der Waals surface area contributed by atoms with Gasteiger partial charge in [0.05, 0.1) is 30.0 Å². The fraction of sp³-hybridized carbons (Fsp3) is 0.278. The molecule has 2 aromatic rings. The Balaban J connectivity index is 2.70. The van der Waals surface area contributed by atoms with E-state index in [0.29, 0.717) is 17.9 Å². The molecule has 5 nitrogen and oxygen atoms in total. The second-order valence-corrected chi connectivity index (χ2v) is 5.70. The molecule has 124 valence electrons. The van der Waals surface area contributed by atoms with Gasteiger partial charge >= 0.3 is 5.97 Å². The van der Waals surface area contributed by atoms with Crippen molar-refractivity contribution in [2.24, 2.45) is 0 Å². The molecule has 0 atom stereocenters. The Morgan fingerprint density at radius 2 is 2.08 bits per heavy atom. The van der Waals surface area contributed by atoms with Crippen LogP contribution in [0.3, 0.4) is 0 Å². The van der Waals surface area contributed by atoms with Gasteiger partial charge in [-0.3, -0.25) is 4.79 Å². The van der Waals surface area contributed by atoms with Crippen molar-refractivity contribution < 1.29 is 9.53 Å². The van der Waals surface area contributed by atoms with Crippen molar-refractivity contribution in [1.29, 1.82) is 5.26 Å². The number of thioether (sulfide) groups is 1. The second kappa shape index (κ2) is 8.37. The van der Waals surface area contributed by atoms with Gasteiger partial charge in [0.2, 0.25) is 0 Å². The van der Waals surface area contributed by atoms with Crippen LogP contribution in [-0.2, 0) is 16.0 Å². The summed E-state index contributed by atoms with van der Waals surface area (Å²) < 4.78 is 5.01. The average molecular weight is 341 g/mol. The smallest absolute Gasteiger partial charge is 0.311 e. The molecule has 0 amide bonds. The molecule has 2 rings (SSSR count). The van der Waals surface area contributed by atoms with E-state index in [2.05, 4.69) is 16.4 Å². The van der Waals surface area contributed by atoms with Crippen LogP contribution < -0.4 is 5.32 Å². The van der Waals surface area contributed by atoms with Gasteiger partial charge in [-0.05, 0) is 18.7 Å². The van der Waals surface area contributed by atoms with E-state index in [4.69, 9.17) is 4.74 Å². The molecule has 1 aromatic heterocycles. The van der Waals surface area contributed by atoms with Crippen LogP contribution in [0.5, 0.6) is 0 Å². The maximum Gasteiger partial charge on any atom is 0.311 e. The first-order valence-electron chi connectivity index (χ1n) is 7.56. The molecule has 0 saturated carbocycles. The molecule has 1 aromatic carbocycles. The molecule has 0 fully saturated rings. The van der Waals surface area contributed by atoms with Crippen LogP contribution in [0.4, 0.5) is 5.69 Å². The largest absolute Gasteiger partial charge is 0.466 e.